The maximum absolute atomic E-state index is 2.19. The molecule has 0 heteroatoms. The fourth-order valence-electron chi connectivity index (χ4n) is 2.72. The van der Waals surface area contributed by atoms with Crippen molar-refractivity contribution in [3.8, 4) is 0 Å². The predicted octanol–water partition coefficient (Wildman–Crippen LogP) is 6.64. The average Bonchev–Trinajstić information content (AvgIpc) is 2.61. The molecule has 0 saturated carbocycles. The molecular weight excluding hydrogens is 288 g/mol. The molecule has 3 rings (SSSR count). The van der Waals surface area contributed by atoms with Gasteiger partial charge in [0.2, 0.25) is 0 Å². The molecule has 0 aliphatic rings. The number of aryl methyl sites for hydroxylation is 2. The van der Waals surface area contributed by atoms with Gasteiger partial charge in [-0.05, 0) is 47.2 Å². The van der Waals surface area contributed by atoms with Crippen LogP contribution in [0, 0.1) is 13.8 Å². The predicted molar refractivity (Wildman–Crippen MR) is 107 cm³/mol. The smallest absolute Gasteiger partial charge is 0.0184 e. The van der Waals surface area contributed by atoms with Gasteiger partial charge >= 0.3 is 0 Å². The van der Waals surface area contributed by atoms with Gasteiger partial charge in [-0.25, -0.2) is 0 Å². The summed E-state index contributed by atoms with van der Waals surface area (Å²) in [4.78, 5) is 0. The molecule has 0 spiro atoms. The van der Waals surface area contributed by atoms with Gasteiger partial charge < -0.3 is 0 Å². The molecule has 0 atom stereocenters. The molecule has 3 aromatic carbocycles. The van der Waals surface area contributed by atoms with E-state index >= 15 is 0 Å². The van der Waals surface area contributed by atoms with Gasteiger partial charge in [-0.1, -0.05) is 97.1 Å². The van der Waals surface area contributed by atoms with Gasteiger partial charge in [-0.2, -0.15) is 0 Å². The summed E-state index contributed by atoms with van der Waals surface area (Å²) in [6, 6.07) is 25.4. The molecular formula is C24H22. The van der Waals surface area contributed by atoms with Crippen molar-refractivity contribution in [3.05, 3.63) is 106 Å². The highest BCUT2D eigenvalue weighted by atomic mass is 14.0. The van der Waals surface area contributed by atoms with E-state index in [1.165, 1.54) is 33.4 Å². The van der Waals surface area contributed by atoms with Crippen molar-refractivity contribution in [2.24, 2.45) is 0 Å². The summed E-state index contributed by atoms with van der Waals surface area (Å²) in [5.41, 5.74) is 7.56. The van der Waals surface area contributed by atoms with Gasteiger partial charge in [0.05, 0.1) is 0 Å². The maximum Gasteiger partial charge on any atom is -0.0184 e. The Kier molecular flexibility index (Phi) is 5.08. The molecule has 0 aliphatic heterocycles. The lowest BCUT2D eigenvalue weighted by Gasteiger charge is -2.03. The molecule has 0 aliphatic carbocycles. The van der Waals surface area contributed by atoms with Crippen LogP contribution in [0.4, 0.5) is 0 Å². The SMILES string of the molecule is Cc1ccccc1/C=C\c1ccccc1/C=C\c1ccccc1C. The second-order valence-corrected chi connectivity index (χ2v) is 6.01. The van der Waals surface area contributed by atoms with E-state index in [9.17, 15) is 0 Å². The highest BCUT2D eigenvalue weighted by molar-refractivity contribution is 5.80. The summed E-state index contributed by atoms with van der Waals surface area (Å²) < 4.78 is 0. The van der Waals surface area contributed by atoms with Crippen molar-refractivity contribution in [2.45, 2.75) is 13.8 Å². The molecule has 0 nitrogen and oxygen atoms in total. The van der Waals surface area contributed by atoms with Gasteiger partial charge in [0.1, 0.15) is 0 Å². The lowest BCUT2D eigenvalue weighted by molar-refractivity contribution is 1.44. The minimum absolute atomic E-state index is 1.23. The van der Waals surface area contributed by atoms with Gasteiger partial charge in [-0.3, -0.25) is 0 Å². The number of hydrogen-bond donors (Lipinski definition) is 0. The van der Waals surface area contributed by atoms with E-state index in [1.807, 2.05) is 0 Å². The highest BCUT2D eigenvalue weighted by Crippen LogP contribution is 2.18. The molecule has 0 heterocycles. The summed E-state index contributed by atoms with van der Waals surface area (Å²) in [6.45, 7) is 4.29. The Bertz CT molecular complexity index is 807. The van der Waals surface area contributed by atoms with E-state index < -0.39 is 0 Å². The Labute approximate surface area is 144 Å². The Morgan fingerprint density at radius 2 is 0.708 bits per heavy atom. The molecule has 0 amide bonds. The first-order chi connectivity index (χ1) is 11.7. The van der Waals surface area contributed by atoms with Gasteiger partial charge in [0.25, 0.3) is 0 Å². The zero-order valence-electron chi connectivity index (χ0n) is 14.2. The van der Waals surface area contributed by atoms with Crippen LogP contribution in [0.3, 0.4) is 0 Å². The Hall–Kier alpha value is -2.86. The van der Waals surface area contributed by atoms with Crippen molar-refractivity contribution >= 4 is 24.3 Å². The molecule has 0 N–H and O–H groups in total. The van der Waals surface area contributed by atoms with Crippen LogP contribution in [0.25, 0.3) is 24.3 Å². The number of hydrogen-bond acceptors (Lipinski definition) is 0. The van der Waals surface area contributed by atoms with E-state index in [0.29, 0.717) is 0 Å². The summed E-state index contributed by atoms with van der Waals surface area (Å²) in [5, 5.41) is 0. The van der Waals surface area contributed by atoms with E-state index in [-0.39, 0.29) is 0 Å². The summed E-state index contributed by atoms with van der Waals surface area (Å²) in [5.74, 6) is 0. The first-order valence-corrected chi connectivity index (χ1v) is 8.30. The Morgan fingerprint density at radius 1 is 0.417 bits per heavy atom. The third-order valence-electron chi connectivity index (χ3n) is 4.26. The van der Waals surface area contributed by atoms with Crippen molar-refractivity contribution in [3.63, 3.8) is 0 Å². The normalized spacial score (nSPS) is 11.4. The molecule has 0 saturated heterocycles. The zero-order valence-corrected chi connectivity index (χ0v) is 14.2. The van der Waals surface area contributed by atoms with Gasteiger partial charge in [0.15, 0.2) is 0 Å². The summed E-state index contributed by atoms with van der Waals surface area (Å²) in [7, 11) is 0. The minimum atomic E-state index is 1.23. The van der Waals surface area contributed by atoms with E-state index in [4.69, 9.17) is 0 Å². The van der Waals surface area contributed by atoms with Crippen LogP contribution in [-0.2, 0) is 0 Å². The molecule has 0 fully saturated rings. The lowest BCUT2D eigenvalue weighted by Crippen LogP contribution is -1.82. The largest absolute Gasteiger partial charge is 0.0620 e. The molecule has 0 aromatic heterocycles. The van der Waals surface area contributed by atoms with E-state index in [2.05, 4.69) is 111 Å². The van der Waals surface area contributed by atoms with Crippen LogP contribution in [0.2, 0.25) is 0 Å². The second-order valence-electron chi connectivity index (χ2n) is 6.01. The number of benzene rings is 3. The van der Waals surface area contributed by atoms with E-state index in [0.717, 1.165) is 0 Å². The fraction of sp³-hybridized carbons (Fsp3) is 0.0833. The number of rotatable bonds is 4. The fourth-order valence-corrected chi connectivity index (χ4v) is 2.72. The zero-order chi connectivity index (χ0) is 16.8. The third kappa shape index (κ3) is 3.91. The van der Waals surface area contributed by atoms with Crippen LogP contribution >= 0.6 is 0 Å². The monoisotopic (exact) mass is 310 g/mol. The molecule has 24 heavy (non-hydrogen) atoms. The van der Waals surface area contributed by atoms with Crippen LogP contribution < -0.4 is 0 Å². The second kappa shape index (κ2) is 7.61. The van der Waals surface area contributed by atoms with Crippen molar-refractivity contribution in [2.75, 3.05) is 0 Å². The third-order valence-corrected chi connectivity index (χ3v) is 4.26. The standard InChI is InChI=1S/C24H22/c1-19-9-3-5-11-21(19)15-17-23-13-7-8-14-24(23)18-16-22-12-6-4-10-20(22)2/h3-18H,1-2H3/b17-15-,18-16-. The van der Waals surface area contributed by atoms with Gasteiger partial charge in [-0.15, -0.1) is 0 Å². The van der Waals surface area contributed by atoms with Crippen molar-refractivity contribution in [1.82, 2.24) is 0 Å². The molecule has 118 valence electrons. The van der Waals surface area contributed by atoms with Crippen LogP contribution in [0.1, 0.15) is 33.4 Å². The van der Waals surface area contributed by atoms with E-state index in [1.54, 1.807) is 0 Å². The molecule has 3 aromatic rings. The Balaban J connectivity index is 1.89. The van der Waals surface area contributed by atoms with Crippen LogP contribution in [-0.4, -0.2) is 0 Å². The Morgan fingerprint density at radius 3 is 1.08 bits per heavy atom. The maximum atomic E-state index is 2.19. The molecule has 0 bridgehead atoms. The summed E-state index contributed by atoms with van der Waals surface area (Å²) in [6.07, 6.45) is 8.77. The average molecular weight is 310 g/mol. The van der Waals surface area contributed by atoms with Crippen LogP contribution in [0.5, 0.6) is 0 Å². The van der Waals surface area contributed by atoms with Crippen LogP contribution in [0.15, 0.2) is 72.8 Å². The lowest BCUT2D eigenvalue weighted by atomic mass is 10.0. The minimum Gasteiger partial charge on any atom is -0.0620 e. The van der Waals surface area contributed by atoms with Crippen molar-refractivity contribution in [1.29, 1.82) is 0 Å². The molecule has 0 unspecified atom stereocenters. The first kappa shape index (κ1) is 16.0. The quantitative estimate of drug-likeness (QED) is 0.473. The molecule has 0 radical (unpaired) electrons. The summed E-state index contributed by atoms with van der Waals surface area (Å²) >= 11 is 0. The van der Waals surface area contributed by atoms with Gasteiger partial charge in [0, 0.05) is 0 Å². The topological polar surface area (TPSA) is 0 Å². The first-order valence-electron chi connectivity index (χ1n) is 8.30. The highest BCUT2D eigenvalue weighted by Gasteiger charge is 1.97. The van der Waals surface area contributed by atoms with Crippen molar-refractivity contribution < 1.29 is 0 Å².